The Balaban J connectivity index is 3.03. The molecule has 2 aromatic rings. The van der Waals surface area contributed by atoms with E-state index >= 15 is 0 Å². The normalized spacial score (nSPS) is 11.0. The van der Waals surface area contributed by atoms with Crippen LogP contribution in [0, 0.1) is 34.9 Å². The van der Waals surface area contributed by atoms with Crippen molar-refractivity contribution in [2.75, 3.05) is 0 Å². The highest BCUT2D eigenvalue weighted by Crippen LogP contribution is 2.49. The molecular formula is C12H4F6O4. The molecule has 4 nitrogen and oxygen atoms in total. The summed E-state index contributed by atoms with van der Waals surface area (Å²) in [5.41, 5.74) is -3.48. The lowest BCUT2D eigenvalue weighted by molar-refractivity contribution is 0.338. The van der Waals surface area contributed by atoms with Crippen LogP contribution < -0.4 is 0 Å². The molecule has 0 amide bonds. The third kappa shape index (κ3) is 1.87. The number of halogens is 6. The van der Waals surface area contributed by atoms with Crippen LogP contribution in [0.1, 0.15) is 0 Å². The molecule has 118 valence electrons. The molecule has 0 saturated heterocycles. The van der Waals surface area contributed by atoms with E-state index < -0.39 is 69.0 Å². The van der Waals surface area contributed by atoms with Gasteiger partial charge < -0.3 is 20.4 Å². The summed E-state index contributed by atoms with van der Waals surface area (Å²) in [4.78, 5) is 0. The quantitative estimate of drug-likeness (QED) is 0.281. The topological polar surface area (TPSA) is 80.9 Å². The molecule has 0 atom stereocenters. The van der Waals surface area contributed by atoms with Gasteiger partial charge in [-0.2, -0.15) is 8.78 Å². The first kappa shape index (κ1) is 15.6. The minimum Gasteiger partial charge on any atom is -0.504 e. The van der Waals surface area contributed by atoms with Gasteiger partial charge in [0, 0.05) is 0 Å². The second-order valence-corrected chi connectivity index (χ2v) is 4.03. The fraction of sp³-hybridized carbons (Fsp3) is 0. The number of benzene rings is 2. The number of aromatic hydroxyl groups is 4. The number of phenols is 4. The van der Waals surface area contributed by atoms with Gasteiger partial charge in [-0.25, -0.2) is 17.6 Å². The number of phenolic OH excluding ortho intramolecular Hbond substituents is 4. The Hall–Kier alpha value is -2.78. The van der Waals surface area contributed by atoms with Crippen LogP contribution in [-0.2, 0) is 0 Å². The molecular weight excluding hydrogens is 322 g/mol. The van der Waals surface area contributed by atoms with E-state index in [2.05, 4.69) is 0 Å². The summed E-state index contributed by atoms with van der Waals surface area (Å²) < 4.78 is 79.9. The second-order valence-electron chi connectivity index (χ2n) is 4.03. The molecule has 22 heavy (non-hydrogen) atoms. The first-order valence-electron chi connectivity index (χ1n) is 5.28. The van der Waals surface area contributed by atoms with Crippen LogP contribution in [0.25, 0.3) is 11.1 Å². The Morgan fingerprint density at radius 3 is 1.27 bits per heavy atom. The Morgan fingerprint density at radius 2 is 0.727 bits per heavy atom. The van der Waals surface area contributed by atoms with Gasteiger partial charge in [-0.05, 0) is 0 Å². The SMILES string of the molecule is Oc1c(O)c(F)c(F)c(-c2c(O)c(F)c(F)c(F)c2F)c1O. The van der Waals surface area contributed by atoms with Gasteiger partial charge in [0.15, 0.2) is 29.0 Å². The minimum atomic E-state index is -2.47. The zero-order chi connectivity index (χ0) is 16.9. The molecule has 0 fully saturated rings. The van der Waals surface area contributed by atoms with Gasteiger partial charge in [0.1, 0.15) is 0 Å². The third-order valence-corrected chi connectivity index (χ3v) is 2.80. The van der Waals surface area contributed by atoms with Crippen molar-refractivity contribution in [1.82, 2.24) is 0 Å². The molecule has 10 heteroatoms. The standard InChI is InChI=1S/C12H4F6O4/c13-3-1(9(19)8(18)6(16)5(3)15)2-4(14)7(17)11(21)12(22)10(2)20/h19-22H. The highest BCUT2D eigenvalue weighted by Gasteiger charge is 2.33. The lowest BCUT2D eigenvalue weighted by Crippen LogP contribution is -2.02. The molecule has 0 aliphatic heterocycles. The van der Waals surface area contributed by atoms with E-state index in [1.165, 1.54) is 0 Å². The number of hydrogen-bond acceptors (Lipinski definition) is 4. The molecule has 2 aromatic carbocycles. The maximum atomic E-state index is 13.7. The molecule has 0 heterocycles. The van der Waals surface area contributed by atoms with Gasteiger partial charge in [0.25, 0.3) is 0 Å². The first-order chi connectivity index (χ1) is 10.1. The first-order valence-corrected chi connectivity index (χ1v) is 5.28. The van der Waals surface area contributed by atoms with Crippen molar-refractivity contribution in [3.8, 4) is 34.1 Å². The van der Waals surface area contributed by atoms with E-state index in [1.807, 2.05) is 0 Å². The average Bonchev–Trinajstić information content (AvgIpc) is 2.50. The summed E-state index contributed by atoms with van der Waals surface area (Å²) in [6, 6.07) is 0. The van der Waals surface area contributed by atoms with Gasteiger partial charge in [-0.3, -0.25) is 0 Å². The summed E-state index contributed by atoms with van der Waals surface area (Å²) in [5.74, 6) is -21.2. The fourth-order valence-electron chi connectivity index (χ4n) is 1.73. The Morgan fingerprint density at radius 1 is 0.364 bits per heavy atom. The van der Waals surface area contributed by atoms with E-state index in [1.54, 1.807) is 0 Å². The predicted octanol–water partition coefficient (Wildman–Crippen LogP) is 3.01. The smallest absolute Gasteiger partial charge is 0.205 e. The van der Waals surface area contributed by atoms with Crippen molar-refractivity contribution >= 4 is 0 Å². The minimum absolute atomic E-state index is 1.68. The lowest BCUT2D eigenvalue weighted by Gasteiger charge is -2.14. The summed E-state index contributed by atoms with van der Waals surface area (Å²) in [6.07, 6.45) is 0. The summed E-state index contributed by atoms with van der Waals surface area (Å²) in [7, 11) is 0. The maximum Gasteiger partial charge on any atom is 0.205 e. The van der Waals surface area contributed by atoms with Gasteiger partial charge >= 0.3 is 0 Å². The van der Waals surface area contributed by atoms with Gasteiger partial charge in [0.05, 0.1) is 11.1 Å². The molecule has 0 bridgehead atoms. The van der Waals surface area contributed by atoms with Gasteiger partial charge in [0.2, 0.25) is 29.0 Å². The van der Waals surface area contributed by atoms with Gasteiger partial charge in [-0.15, -0.1) is 0 Å². The third-order valence-electron chi connectivity index (χ3n) is 2.80. The lowest BCUT2D eigenvalue weighted by atomic mass is 10.00. The summed E-state index contributed by atoms with van der Waals surface area (Å²) in [5, 5.41) is 36.8. The molecule has 0 radical (unpaired) electrons. The van der Waals surface area contributed by atoms with E-state index in [0.717, 1.165) is 0 Å². The van der Waals surface area contributed by atoms with Crippen LogP contribution in [-0.4, -0.2) is 20.4 Å². The molecule has 0 unspecified atom stereocenters. The Kier molecular flexibility index (Phi) is 3.47. The van der Waals surface area contributed by atoms with Crippen molar-refractivity contribution in [1.29, 1.82) is 0 Å². The molecule has 0 saturated carbocycles. The number of hydrogen-bond donors (Lipinski definition) is 4. The predicted molar refractivity (Wildman–Crippen MR) is 58.3 cm³/mol. The Labute approximate surface area is 117 Å². The molecule has 4 N–H and O–H groups in total. The molecule has 2 rings (SSSR count). The molecule has 0 spiro atoms. The molecule has 0 aliphatic rings. The molecule has 0 aromatic heterocycles. The van der Waals surface area contributed by atoms with Crippen molar-refractivity contribution in [2.45, 2.75) is 0 Å². The van der Waals surface area contributed by atoms with Crippen LogP contribution in [0.5, 0.6) is 23.0 Å². The number of rotatable bonds is 1. The molecule has 0 aliphatic carbocycles. The van der Waals surface area contributed by atoms with Crippen LogP contribution in [0.15, 0.2) is 0 Å². The zero-order valence-electron chi connectivity index (χ0n) is 10.1. The fourth-order valence-corrected chi connectivity index (χ4v) is 1.73. The highest BCUT2D eigenvalue weighted by molar-refractivity contribution is 5.80. The summed E-state index contributed by atoms with van der Waals surface area (Å²) in [6.45, 7) is 0. The van der Waals surface area contributed by atoms with Crippen LogP contribution in [0.2, 0.25) is 0 Å². The van der Waals surface area contributed by atoms with E-state index in [-0.39, 0.29) is 0 Å². The average molecular weight is 326 g/mol. The summed E-state index contributed by atoms with van der Waals surface area (Å²) >= 11 is 0. The zero-order valence-corrected chi connectivity index (χ0v) is 10.1. The Bertz CT molecular complexity index is 680. The van der Waals surface area contributed by atoms with Crippen molar-refractivity contribution in [3.63, 3.8) is 0 Å². The van der Waals surface area contributed by atoms with E-state index in [9.17, 15) is 36.6 Å². The van der Waals surface area contributed by atoms with Crippen LogP contribution in [0.3, 0.4) is 0 Å². The van der Waals surface area contributed by atoms with Gasteiger partial charge in [-0.1, -0.05) is 0 Å². The van der Waals surface area contributed by atoms with Crippen LogP contribution in [0.4, 0.5) is 26.3 Å². The highest BCUT2D eigenvalue weighted by atomic mass is 19.2. The van der Waals surface area contributed by atoms with Crippen molar-refractivity contribution in [3.05, 3.63) is 34.9 Å². The largest absolute Gasteiger partial charge is 0.504 e. The monoisotopic (exact) mass is 326 g/mol. The van der Waals surface area contributed by atoms with Crippen molar-refractivity contribution < 1.29 is 46.8 Å². The van der Waals surface area contributed by atoms with Crippen molar-refractivity contribution in [2.24, 2.45) is 0 Å². The van der Waals surface area contributed by atoms with E-state index in [0.29, 0.717) is 0 Å². The van der Waals surface area contributed by atoms with E-state index in [4.69, 9.17) is 10.2 Å². The maximum absolute atomic E-state index is 13.7. The van der Waals surface area contributed by atoms with Crippen LogP contribution >= 0.6 is 0 Å². The second kappa shape index (κ2) is 4.90.